The van der Waals surface area contributed by atoms with Crippen molar-refractivity contribution >= 4 is 0 Å². The molecule has 0 aromatic heterocycles. The molecular weight excluding hydrogens is 134 g/mol. The largest absolute Gasteiger partial charge is 0.327 e. The molecule has 0 heterocycles. The van der Waals surface area contributed by atoms with Crippen molar-refractivity contribution in [2.75, 3.05) is 0 Å². The fourth-order valence-corrected chi connectivity index (χ4v) is 1.94. The lowest BCUT2D eigenvalue weighted by molar-refractivity contribution is 0.116. The summed E-state index contributed by atoms with van der Waals surface area (Å²) >= 11 is 0. The minimum atomic E-state index is 0.477. The van der Waals surface area contributed by atoms with Gasteiger partial charge in [0.1, 0.15) is 0 Å². The van der Waals surface area contributed by atoms with E-state index in [1.807, 2.05) is 0 Å². The molecule has 1 nitrogen and oxygen atoms in total. The van der Waals surface area contributed by atoms with Gasteiger partial charge < -0.3 is 5.73 Å². The van der Waals surface area contributed by atoms with E-state index >= 15 is 0 Å². The van der Waals surface area contributed by atoms with Crippen LogP contribution in [0.1, 0.15) is 40.0 Å². The van der Waals surface area contributed by atoms with Crippen molar-refractivity contribution in [1.82, 2.24) is 0 Å². The van der Waals surface area contributed by atoms with Gasteiger partial charge in [-0.25, -0.2) is 0 Å². The fourth-order valence-electron chi connectivity index (χ4n) is 1.94. The number of hydrogen-bond acceptors (Lipinski definition) is 1. The normalized spacial score (nSPS) is 33.5. The van der Waals surface area contributed by atoms with Crippen LogP contribution in [0.2, 0.25) is 0 Å². The monoisotopic (exact) mass is 155 g/mol. The Labute approximate surface area is 70.4 Å². The smallest absolute Gasteiger partial charge is 0.00647 e. The molecule has 66 valence electrons. The Hall–Kier alpha value is -0.0400. The summed E-state index contributed by atoms with van der Waals surface area (Å²) in [6, 6.07) is 0.477. The van der Waals surface area contributed by atoms with Gasteiger partial charge in [0.25, 0.3) is 0 Å². The van der Waals surface area contributed by atoms with Crippen LogP contribution in [0, 0.1) is 17.8 Å². The van der Waals surface area contributed by atoms with Crippen molar-refractivity contribution in [1.29, 1.82) is 0 Å². The molecule has 1 unspecified atom stereocenters. The maximum atomic E-state index is 5.94. The van der Waals surface area contributed by atoms with E-state index in [0.717, 1.165) is 24.2 Å². The van der Waals surface area contributed by atoms with Crippen LogP contribution in [0.5, 0.6) is 0 Å². The third-order valence-corrected chi connectivity index (χ3v) is 3.23. The topological polar surface area (TPSA) is 26.0 Å². The molecule has 1 aliphatic rings. The first-order valence-corrected chi connectivity index (χ1v) is 4.90. The van der Waals surface area contributed by atoms with Crippen molar-refractivity contribution < 1.29 is 0 Å². The Bertz CT molecular complexity index is 114. The second-order valence-electron chi connectivity index (χ2n) is 4.31. The molecule has 0 aliphatic heterocycles. The van der Waals surface area contributed by atoms with Crippen molar-refractivity contribution in [3.05, 3.63) is 0 Å². The van der Waals surface area contributed by atoms with Crippen LogP contribution in [0.25, 0.3) is 0 Å². The second kappa shape index (κ2) is 3.57. The molecule has 1 aliphatic carbocycles. The molecule has 1 heteroatoms. The van der Waals surface area contributed by atoms with E-state index in [1.165, 1.54) is 12.8 Å². The molecule has 0 aromatic carbocycles. The minimum Gasteiger partial charge on any atom is -0.327 e. The summed E-state index contributed by atoms with van der Waals surface area (Å²) in [4.78, 5) is 0. The van der Waals surface area contributed by atoms with E-state index < -0.39 is 0 Å². The Morgan fingerprint density at radius 3 is 2.18 bits per heavy atom. The molecular formula is C10H21N. The van der Waals surface area contributed by atoms with E-state index in [2.05, 4.69) is 20.8 Å². The standard InChI is InChI=1S/C10H21N/c1-4-10(11)9-5-8(6-9)7(2)3/h7-10H,4-6,11H2,1-3H3. The van der Waals surface area contributed by atoms with Crippen molar-refractivity contribution in [2.24, 2.45) is 23.5 Å². The molecule has 2 N–H and O–H groups in total. The summed E-state index contributed by atoms with van der Waals surface area (Å²) in [5, 5.41) is 0. The third-order valence-electron chi connectivity index (χ3n) is 3.23. The van der Waals surface area contributed by atoms with Crippen LogP contribution in [0.4, 0.5) is 0 Å². The number of hydrogen-bond donors (Lipinski definition) is 1. The van der Waals surface area contributed by atoms with E-state index in [4.69, 9.17) is 5.73 Å². The molecule has 11 heavy (non-hydrogen) atoms. The maximum absolute atomic E-state index is 5.94. The van der Waals surface area contributed by atoms with Gasteiger partial charge in [-0.05, 0) is 37.0 Å². The molecule has 0 saturated heterocycles. The second-order valence-corrected chi connectivity index (χ2v) is 4.31. The Kier molecular flexibility index (Phi) is 2.94. The summed E-state index contributed by atoms with van der Waals surface area (Å²) in [5.74, 6) is 2.68. The lowest BCUT2D eigenvalue weighted by atomic mass is 9.66. The Balaban J connectivity index is 2.18. The van der Waals surface area contributed by atoms with Crippen LogP contribution in [-0.2, 0) is 0 Å². The zero-order valence-corrected chi connectivity index (χ0v) is 8.01. The van der Waals surface area contributed by atoms with Gasteiger partial charge in [-0.2, -0.15) is 0 Å². The van der Waals surface area contributed by atoms with Gasteiger partial charge in [-0.1, -0.05) is 20.8 Å². The lowest BCUT2D eigenvalue weighted by Gasteiger charge is -2.41. The molecule has 0 radical (unpaired) electrons. The zero-order valence-electron chi connectivity index (χ0n) is 8.01. The van der Waals surface area contributed by atoms with Gasteiger partial charge in [-0.15, -0.1) is 0 Å². The van der Waals surface area contributed by atoms with E-state index in [0.29, 0.717) is 6.04 Å². The van der Waals surface area contributed by atoms with Gasteiger partial charge in [0.15, 0.2) is 0 Å². The first-order valence-electron chi connectivity index (χ1n) is 4.90. The summed E-state index contributed by atoms with van der Waals surface area (Å²) in [6.07, 6.45) is 3.91. The summed E-state index contributed by atoms with van der Waals surface area (Å²) in [5.41, 5.74) is 5.94. The van der Waals surface area contributed by atoms with Crippen molar-refractivity contribution in [2.45, 2.75) is 46.1 Å². The Morgan fingerprint density at radius 1 is 1.27 bits per heavy atom. The van der Waals surface area contributed by atoms with Gasteiger partial charge in [-0.3, -0.25) is 0 Å². The minimum absolute atomic E-state index is 0.477. The Morgan fingerprint density at radius 2 is 1.82 bits per heavy atom. The predicted octanol–water partition coefficient (Wildman–Crippen LogP) is 2.41. The highest BCUT2D eigenvalue weighted by Crippen LogP contribution is 2.40. The van der Waals surface area contributed by atoms with Crippen LogP contribution in [0.15, 0.2) is 0 Å². The highest BCUT2D eigenvalue weighted by molar-refractivity contribution is 4.87. The van der Waals surface area contributed by atoms with Crippen LogP contribution < -0.4 is 5.73 Å². The molecule has 1 atom stereocenters. The third kappa shape index (κ3) is 1.96. The quantitative estimate of drug-likeness (QED) is 0.665. The predicted molar refractivity (Wildman–Crippen MR) is 49.3 cm³/mol. The highest BCUT2D eigenvalue weighted by Gasteiger charge is 2.33. The molecule has 0 bridgehead atoms. The molecule has 1 fully saturated rings. The zero-order chi connectivity index (χ0) is 8.43. The lowest BCUT2D eigenvalue weighted by Crippen LogP contribution is -2.40. The summed E-state index contributed by atoms with van der Waals surface area (Å²) in [7, 11) is 0. The SMILES string of the molecule is CCC(N)C1CC(C(C)C)C1. The first kappa shape index (κ1) is 9.05. The number of nitrogens with two attached hydrogens (primary N) is 1. The highest BCUT2D eigenvalue weighted by atomic mass is 14.7. The average Bonchev–Trinajstić information content (AvgIpc) is 1.83. The van der Waals surface area contributed by atoms with Crippen molar-refractivity contribution in [3.63, 3.8) is 0 Å². The van der Waals surface area contributed by atoms with E-state index in [-0.39, 0.29) is 0 Å². The maximum Gasteiger partial charge on any atom is 0.00647 e. The summed E-state index contributed by atoms with van der Waals surface area (Å²) < 4.78 is 0. The van der Waals surface area contributed by atoms with Crippen molar-refractivity contribution in [3.8, 4) is 0 Å². The average molecular weight is 155 g/mol. The molecule has 0 spiro atoms. The summed E-state index contributed by atoms with van der Waals surface area (Å²) in [6.45, 7) is 6.82. The molecule has 0 aromatic rings. The first-order chi connectivity index (χ1) is 5.15. The molecule has 0 amide bonds. The van der Waals surface area contributed by atoms with Gasteiger partial charge >= 0.3 is 0 Å². The molecule has 1 rings (SSSR count). The van der Waals surface area contributed by atoms with E-state index in [1.54, 1.807) is 0 Å². The van der Waals surface area contributed by atoms with Crippen LogP contribution in [0.3, 0.4) is 0 Å². The number of rotatable bonds is 3. The van der Waals surface area contributed by atoms with Gasteiger partial charge in [0, 0.05) is 6.04 Å². The van der Waals surface area contributed by atoms with Crippen LogP contribution >= 0.6 is 0 Å². The molecule has 1 saturated carbocycles. The fraction of sp³-hybridized carbons (Fsp3) is 1.00. The van der Waals surface area contributed by atoms with Gasteiger partial charge in [0.2, 0.25) is 0 Å². The van der Waals surface area contributed by atoms with Gasteiger partial charge in [0.05, 0.1) is 0 Å². The van der Waals surface area contributed by atoms with E-state index in [9.17, 15) is 0 Å². The van der Waals surface area contributed by atoms with Crippen LogP contribution in [-0.4, -0.2) is 6.04 Å².